The van der Waals surface area contributed by atoms with E-state index in [1.807, 2.05) is 36.8 Å². The number of aromatic nitrogens is 2. The van der Waals surface area contributed by atoms with Gasteiger partial charge in [-0.25, -0.2) is 4.98 Å². The lowest BCUT2D eigenvalue weighted by Gasteiger charge is -2.06. The Balaban J connectivity index is 2.06. The van der Waals surface area contributed by atoms with Gasteiger partial charge in [-0.1, -0.05) is 18.2 Å². The van der Waals surface area contributed by atoms with Gasteiger partial charge in [0.05, 0.1) is 18.2 Å². The van der Waals surface area contributed by atoms with Crippen molar-refractivity contribution in [3.8, 4) is 11.3 Å². The Morgan fingerprint density at radius 3 is 3.00 bits per heavy atom. The van der Waals surface area contributed by atoms with Gasteiger partial charge in [0.1, 0.15) is 6.29 Å². The number of rotatable bonds is 3. The molecule has 0 radical (unpaired) electrons. The molecule has 0 atom stereocenters. The van der Waals surface area contributed by atoms with Crippen molar-refractivity contribution in [2.45, 2.75) is 18.9 Å². The van der Waals surface area contributed by atoms with Gasteiger partial charge in [-0.15, -0.1) is 0 Å². The molecule has 0 spiro atoms. The first-order chi connectivity index (χ1) is 7.88. The zero-order valence-corrected chi connectivity index (χ0v) is 8.84. The van der Waals surface area contributed by atoms with Crippen LogP contribution in [0.25, 0.3) is 11.3 Å². The molecule has 3 heteroatoms. The number of carbonyl (C=O) groups excluding carboxylic acids is 1. The third-order valence-electron chi connectivity index (χ3n) is 2.92. The molecule has 0 saturated heterocycles. The second kappa shape index (κ2) is 3.59. The predicted molar refractivity (Wildman–Crippen MR) is 61.3 cm³/mol. The standard InChI is InChI=1S/C13H12N2O/c16-8-10-2-1-3-11(6-10)13-7-14-9-15(13)12-4-5-12/h1-3,6-9,12H,4-5H2. The van der Waals surface area contributed by atoms with Crippen molar-refractivity contribution in [3.63, 3.8) is 0 Å². The largest absolute Gasteiger partial charge is 0.328 e. The van der Waals surface area contributed by atoms with Crippen LogP contribution in [-0.4, -0.2) is 15.8 Å². The summed E-state index contributed by atoms with van der Waals surface area (Å²) in [4.78, 5) is 14.9. The molecule has 80 valence electrons. The first kappa shape index (κ1) is 9.33. The summed E-state index contributed by atoms with van der Waals surface area (Å²) in [5.41, 5.74) is 2.88. The molecule has 1 aliphatic rings. The van der Waals surface area contributed by atoms with E-state index in [1.165, 1.54) is 12.8 Å². The topological polar surface area (TPSA) is 34.9 Å². The quantitative estimate of drug-likeness (QED) is 0.733. The van der Waals surface area contributed by atoms with Crippen molar-refractivity contribution in [1.29, 1.82) is 0 Å². The first-order valence-electron chi connectivity index (χ1n) is 5.46. The fourth-order valence-corrected chi connectivity index (χ4v) is 1.94. The lowest BCUT2D eigenvalue weighted by Crippen LogP contribution is -1.94. The van der Waals surface area contributed by atoms with Gasteiger partial charge in [0.2, 0.25) is 0 Å². The van der Waals surface area contributed by atoms with Crippen LogP contribution in [-0.2, 0) is 0 Å². The monoisotopic (exact) mass is 212 g/mol. The lowest BCUT2D eigenvalue weighted by molar-refractivity contribution is 0.112. The normalized spacial score (nSPS) is 15.0. The number of hydrogen-bond donors (Lipinski definition) is 0. The van der Waals surface area contributed by atoms with E-state index in [0.29, 0.717) is 11.6 Å². The van der Waals surface area contributed by atoms with Crippen LogP contribution in [0.15, 0.2) is 36.8 Å². The molecule has 1 aromatic carbocycles. The van der Waals surface area contributed by atoms with E-state index in [9.17, 15) is 4.79 Å². The second-order valence-corrected chi connectivity index (χ2v) is 4.16. The summed E-state index contributed by atoms with van der Waals surface area (Å²) in [6.07, 6.45) is 7.08. The van der Waals surface area contributed by atoms with E-state index in [1.54, 1.807) is 0 Å². The molecule has 1 fully saturated rings. The van der Waals surface area contributed by atoms with Crippen LogP contribution in [0.4, 0.5) is 0 Å². The van der Waals surface area contributed by atoms with Gasteiger partial charge in [0, 0.05) is 17.2 Å². The number of carbonyl (C=O) groups is 1. The molecule has 1 saturated carbocycles. The van der Waals surface area contributed by atoms with Gasteiger partial charge >= 0.3 is 0 Å². The minimum Gasteiger partial charge on any atom is -0.328 e. The Morgan fingerprint density at radius 1 is 1.38 bits per heavy atom. The van der Waals surface area contributed by atoms with E-state index in [0.717, 1.165) is 17.5 Å². The molecule has 3 rings (SSSR count). The van der Waals surface area contributed by atoms with E-state index in [-0.39, 0.29) is 0 Å². The highest BCUT2D eigenvalue weighted by Gasteiger charge is 2.25. The minimum atomic E-state index is 0.609. The highest BCUT2D eigenvalue weighted by molar-refractivity contribution is 5.78. The van der Waals surface area contributed by atoms with Crippen molar-refractivity contribution in [3.05, 3.63) is 42.4 Å². The summed E-state index contributed by atoms with van der Waals surface area (Å²) in [7, 11) is 0. The van der Waals surface area contributed by atoms with Crippen LogP contribution in [0.2, 0.25) is 0 Å². The summed E-state index contributed by atoms with van der Waals surface area (Å²) in [5.74, 6) is 0. The van der Waals surface area contributed by atoms with Gasteiger partial charge in [0.15, 0.2) is 0 Å². The molecule has 16 heavy (non-hydrogen) atoms. The Bertz CT molecular complexity index is 526. The number of aldehydes is 1. The van der Waals surface area contributed by atoms with Crippen LogP contribution in [0.1, 0.15) is 29.2 Å². The maximum absolute atomic E-state index is 10.7. The first-order valence-corrected chi connectivity index (χ1v) is 5.46. The second-order valence-electron chi connectivity index (χ2n) is 4.16. The molecule has 0 bridgehead atoms. The number of nitrogens with zero attached hydrogens (tertiary/aromatic N) is 2. The van der Waals surface area contributed by atoms with Gasteiger partial charge in [-0.2, -0.15) is 0 Å². The third kappa shape index (κ3) is 1.54. The van der Waals surface area contributed by atoms with E-state index >= 15 is 0 Å². The van der Waals surface area contributed by atoms with Crippen molar-refractivity contribution in [2.24, 2.45) is 0 Å². The van der Waals surface area contributed by atoms with Crippen molar-refractivity contribution in [2.75, 3.05) is 0 Å². The average Bonchev–Trinajstić information content (AvgIpc) is 3.07. The smallest absolute Gasteiger partial charge is 0.150 e. The van der Waals surface area contributed by atoms with Crippen LogP contribution in [0.3, 0.4) is 0 Å². The molecule has 0 amide bonds. The summed E-state index contributed by atoms with van der Waals surface area (Å²) in [5, 5.41) is 0. The summed E-state index contributed by atoms with van der Waals surface area (Å²) < 4.78 is 2.20. The molecule has 0 unspecified atom stereocenters. The molecule has 0 aliphatic heterocycles. The van der Waals surface area contributed by atoms with Crippen LogP contribution < -0.4 is 0 Å². The highest BCUT2D eigenvalue weighted by atomic mass is 16.1. The van der Waals surface area contributed by atoms with Gasteiger partial charge < -0.3 is 4.57 Å². The molecule has 3 nitrogen and oxygen atoms in total. The van der Waals surface area contributed by atoms with Crippen LogP contribution in [0.5, 0.6) is 0 Å². The van der Waals surface area contributed by atoms with E-state index in [2.05, 4.69) is 9.55 Å². The van der Waals surface area contributed by atoms with Gasteiger partial charge in [-0.3, -0.25) is 4.79 Å². The molecule has 0 N–H and O–H groups in total. The van der Waals surface area contributed by atoms with E-state index in [4.69, 9.17) is 0 Å². The van der Waals surface area contributed by atoms with Crippen molar-refractivity contribution in [1.82, 2.24) is 9.55 Å². The summed E-state index contributed by atoms with van der Waals surface area (Å²) in [6, 6.07) is 8.25. The number of benzene rings is 1. The Morgan fingerprint density at radius 2 is 2.25 bits per heavy atom. The van der Waals surface area contributed by atoms with Gasteiger partial charge in [0.25, 0.3) is 0 Å². The molecule has 2 aromatic rings. The van der Waals surface area contributed by atoms with Crippen molar-refractivity contribution < 1.29 is 4.79 Å². The third-order valence-corrected chi connectivity index (χ3v) is 2.92. The Hall–Kier alpha value is -1.90. The lowest BCUT2D eigenvalue weighted by atomic mass is 10.1. The van der Waals surface area contributed by atoms with E-state index < -0.39 is 0 Å². The molecule has 1 aromatic heterocycles. The summed E-state index contributed by atoms with van der Waals surface area (Å²) >= 11 is 0. The number of imidazole rings is 1. The zero-order chi connectivity index (χ0) is 11.0. The van der Waals surface area contributed by atoms with Gasteiger partial charge in [-0.05, 0) is 18.9 Å². The Kier molecular flexibility index (Phi) is 2.10. The number of hydrogen-bond acceptors (Lipinski definition) is 2. The molecule has 1 heterocycles. The zero-order valence-electron chi connectivity index (χ0n) is 8.84. The van der Waals surface area contributed by atoms with Crippen LogP contribution >= 0.6 is 0 Å². The minimum absolute atomic E-state index is 0.609. The molecular formula is C13H12N2O. The average molecular weight is 212 g/mol. The fourth-order valence-electron chi connectivity index (χ4n) is 1.94. The Labute approximate surface area is 93.7 Å². The maximum Gasteiger partial charge on any atom is 0.150 e. The maximum atomic E-state index is 10.7. The SMILES string of the molecule is O=Cc1cccc(-c2cncn2C2CC2)c1. The molecular weight excluding hydrogens is 200 g/mol. The van der Waals surface area contributed by atoms with Crippen molar-refractivity contribution >= 4 is 6.29 Å². The fraction of sp³-hybridized carbons (Fsp3) is 0.231. The van der Waals surface area contributed by atoms with Crippen LogP contribution in [0, 0.1) is 0 Å². The summed E-state index contributed by atoms with van der Waals surface area (Å²) in [6.45, 7) is 0. The predicted octanol–water partition coefficient (Wildman–Crippen LogP) is 2.70. The molecule has 1 aliphatic carbocycles. The highest BCUT2D eigenvalue weighted by Crippen LogP contribution is 2.38.